The molecule has 5 nitrogen and oxygen atoms in total. The molecule has 0 amide bonds. The van der Waals surface area contributed by atoms with E-state index in [2.05, 4.69) is 10.7 Å². The second-order valence-corrected chi connectivity index (χ2v) is 7.69. The second kappa shape index (κ2) is 7.85. The molecule has 120 valence electrons. The van der Waals surface area contributed by atoms with Crippen LogP contribution in [0.4, 0.5) is 0 Å². The van der Waals surface area contributed by atoms with Gasteiger partial charge in [-0.1, -0.05) is 18.2 Å². The van der Waals surface area contributed by atoms with Crippen LogP contribution in [0.1, 0.15) is 11.1 Å². The standard InChI is InChI=1S/C15H20N2O3S2/c1-17(7-8-18)22(19,20)15-5-3-2-4-14(15)11-16-10-13-6-9-21-12-13/h2-6,9,12,16,18H,7-8,10-11H2,1H3. The Balaban J connectivity index is 2.12. The highest BCUT2D eigenvalue weighted by atomic mass is 32.2. The Labute approximate surface area is 135 Å². The minimum absolute atomic E-state index is 0.0823. The van der Waals surface area contributed by atoms with Gasteiger partial charge < -0.3 is 10.4 Å². The van der Waals surface area contributed by atoms with Gasteiger partial charge in [-0.3, -0.25) is 0 Å². The lowest BCUT2D eigenvalue weighted by molar-refractivity contribution is 0.266. The Kier molecular flexibility index (Phi) is 6.10. The van der Waals surface area contributed by atoms with Gasteiger partial charge in [0.2, 0.25) is 10.0 Å². The Morgan fingerprint density at radius 1 is 1.23 bits per heavy atom. The number of nitrogens with zero attached hydrogens (tertiary/aromatic N) is 1. The first-order valence-electron chi connectivity index (χ1n) is 6.92. The lowest BCUT2D eigenvalue weighted by Gasteiger charge is -2.18. The average molecular weight is 340 g/mol. The van der Waals surface area contributed by atoms with Crippen LogP contribution >= 0.6 is 11.3 Å². The molecule has 0 unspecified atom stereocenters. The van der Waals surface area contributed by atoms with E-state index in [9.17, 15) is 8.42 Å². The van der Waals surface area contributed by atoms with Crippen molar-refractivity contribution in [1.82, 2.24) is 9.62 Å². The van der Waals surface area contributed by atoms with Crippen LogP contribution in [0, 0.1) is 0 Å². The molecule has 1 heterocycles. The predicted molar refractivity (Wildman–Crippen MR) is 88.2 cm³/mol. The summed E-state index contributed by atoms with van der Waals surface area (Å²) < 4.78 is 26.2. The van der Waals surface area contributed by atoms with E-state index in [0.717, 1.165) is 5.56 Å². The van der Waals surface area contributed by atoms with Crippen LogP contribution in [0.3, 0.4) is 0 Å². The summed E-state index contributed by atoms with van der Waals surface area (Å²) in [4.78, 5) is 0.281. The van der Waals surface area contributed by atoms with E-state index >= 15 is 0 Å². The first-order chi connectivity index (χ1) is 10.6. The van der Waals surface area contributed by atoms with Gasteiger partial charge in [0, 0.05) is 26.7 Å². The molecule has 22 heavy (non-hydrogen) atoms. The molecule has 0 bridgehead atoms. The number of likely N-dealkylation sites (N-methyl/N-ethyl adjacent to an activating group) is 1. The number of sulfonamides is 1. The summed E-state index contributed by atoms with van der Waals surface area (Å²) >= 11 is 1.64. The molecule has 0 aliphatic heterocycles. The van der Waals surface area contributed by atoms with Crippen LogP contribution in [0.2, 0.25) is 0 Å². The van der Waals surface area contributed by atoms with E-state index in [1.54, 1.807) is 29.5 Å². The number of hydrogen-bond acceptors (Lipinski definition) is 5. The molecule has 1 aromatic carbocycles. The predicted octanol–water partition coefficient (Wildman–Crippen LogP) is 1.65. The van der Waals surface area contributed by atoms with Gasteiger partial charge in [-0.25, -0.2) is 8.42 Å². The van der Waals surface area contributed by atoms with Crippen LogP contribution < -0.4 is 5.32 Å². The van der Waals surface area contributed by atoms with E-state index in [1.807, 2.05) is 17.5 Å². The molecule has 0 saturated carbocycles. The lowest BCUT2D eigenvalue weighted by Crippen LogP contribution is -2.30. The summed E-state index contributed by atoms with van der Waals surface area (Å²) in [6, 6.07) is 8.98. The number of nitrogens with one attached hydrogen (secondary N) is 1. The summed E-state index contributed by atoms with van der Waals surface area (Å²) in [5.41, 5.74) is 1.91. The third-order valence-corrected chi connectivity index (χ3v) is 5.99. The molecule has 0 aliphatic carbocycles. The van der Waals surface area contributed by atoms with Crippen LogP contribution in [-0.4, -0.2) is 38.0 Å². The van der Waals surface area contributed by atoms with Crippen molar-refractivity contribution in [2.45, 2.75) is 18.0 Å². The van der Waals surface area contributed by atoms with Crippen molar-refractivity contribution in [3.8, 4) is 0 Å². The van der Waals surface area contributed by atoms with Crippen molar-refractivity contribution in [3.05, 3.63) is 52.2 Å². The molecule has 0 saturated heterocycles. The van der Waals surface area contributed by atoms with Crippen molar-refractivity contribution >= 4 is 21.4 Å². The molecule has 7 heteroatoms. The highest BCUT2D eigenvalue weighted by Crippen LogP contribution is 2.19. The molecule has 0 aliphatic rings. The van der Waals surface area contributed by atoms with Gasteiger partial charge in [-0.05, 0) is 34.0 Å². The van der Waals surface area contributed by atoms with Gasteiger partial charge in [0.25, 0.3) is 0 Å². The molecule has 0 spiro atoms. The Bertz CT molecular complexity index is 685. The number of hydrogen-bond donors (Lipinski definition) is 2. The Morgan fingerprint density at radius 2 is 2.00 bits per heavy atom. The number of thiophene rings is 1. The first kappa shape index (κ1) is 17.1. The topological polar surface area (TPSA) is 69.6 Å². The van der Waals surface area contributed by atoms with Gasteiger partial charge in [-0.2, -0.15) is 15.6 Å². The summed E-state index contributed by atoms with van der Waals surface area (Å²) in [6.07, 6.45) is 0. The largest absolute Gasteiger partial charge is 0.395 e. The minimum Gasteiger partial charge on any atom is -0.395 e. The highest BCUT2D eigenvalue weighted by Gasteiger charge is 2.22. The van der Waals surface area contributed by atoms with Crippen LogP contribution in [0.25, 0.3) is 0 Å². The first-order valence-corrected chi connectivity index (χ1v) is 9.31. The van der Waals surface area contributed by atoms with Crippen molar-refractivity contribution in [1.29, 1.82) is 0 Å². The number of rotatable bonds is 8. The fourth-order valence-electron chi connectivity index (χ4n) is 2.07. The summed E-state index contributed by atoms with van der Waals surface area (Å²) in [7, 11) is -2.11. The monoisotopic (exact) mass is 340 g/mol. The maximum absolute atomic E-state index is 12.5. The lowest BCUT2D eigenvalue weighted by atomic mass is 10.2. The molecule has 0 fully saturated rings. The van der Waals surface area contributed by atoms with E-state index in [4.69, 9.17) is 5.11 Å². The molecular weight excluding hydrogens is 320 g/mol. The second-order valence-electron chi connectivity index (χ2n) is 4.89. The fourth-order valence-corrected chi connectivity index (χ4v) is 4.11. The molecule has 2 N–H and O–H groups in total. The number of benzene rings is 1. The number of aliphatic hydroxyl groups excluding tert-OH is 1. The summed E-state index contributed by atoms with van der Waals surface area (Å²) in [5.74, 6) is 0. The molecule has 2 aromatic rings. The van der Waals surface area contributed by atoms with Crippen LogP contribution in [-0.2, 0) is 23.1 Å². The van der Waals surface area contributed by atoms with Crippen molar-refractivity contribution in [2.75, 3.05) is 20.2 Å². The molecule has 1 aromatic heterocycles. The van der Waals surface area contributed by atoms with Gasteiger partial charge in [0.1, 0.15) is 0 Å². The van der Waals surface area contributed by atoms with Crippen LogP contribution in [0.5, 0.6) is 0 Å². The zero-order valence-corrected chi connectivity index (χ0v) is 14.0. The van der Waals surface area contributed by atoms with E-state index in [-0.39, 0.29) is 18.0 Å². The van der Waals surface area contributed by atoms with E-state index in [1.165, 1.54) is 16.9 Å². The summed E-state index contributed by atoms with van der Waals surface area (Å²) in [6.45, 7) is 1.05. The fraction of sp³-hybridized carbons (Fsp3) is 0.333. The zero-order chi connectivity index (χ0) is 16.0. The van der Waals surface area contributed by atoms with Crippen molar-refractivity contribution < 1.29 is 13.5 Å². The normalized spacial score (nSPS) is 12.0. The quantitative estimate of drug-likeness (QED) is 0.767. The minimum atomic E-state index is -3.58. The van der Waals surface area contributed by atoms with Gasteiger partial charge in [0.05, 0.1) is 11.5 Å². The highest BCUT2D eigenvalue weighted by molar-refractivity contribution is 7.89. The van der Waals surface area contributed by atoms with Gasteiger partial charge in [-0.15, -0.1) is 0 Å². The zero-order valence-electron chi connectivity index (χ0n) is 12.4. The number of aliphatic hydroxyl groups is 1. The van der Waals surface area contributed by atoms with Gasteiger partial charge in [0.15, 0.2) is 0 Å². The molecular formula is C15H20N2O3S2. The third-order valence-electron chi connectivity index (χ3n) is 3.30. The maximum atomic E-state index is 12.5. The van der Waals surface area contributed by atoms with Crippen molar-refractivity contribution in [2.24, 2.45) is 0 Å². The molecule has 0 radical (unpaired) electrons. The van der Waals surface area contributed by atoms with E-state index in [0.29, 0.717) is 13.1 Å². The molecule has 0 atom stereocenters. The average Bonchev–Trinajstić information content (AvgIpc) is 3.01. The smallest absolute Gasteiger partial charge is 0.243 e. The third kappa shape index (κ3) is 4.15. The van der Waals surface area contributed by atoms with Crippen molar-refractivity contribution in [3.63, 3.8) is 0 Å². The SMILES string of the molecule is CN(CCO)S(=O)(=O)c1ccccc1CNCc1ccsc1. The molecule has 2 rings (SSSR count). The van der Waals surface area contributed by atoms with Crippen LogP contribution in [0.15, 0.2) is 46.0 Å². The Morgan fingerprint density at radius 3 is 2.68 bits per heavy atom. The maximum Gasteiger partial charge on any atom is 0.243 e. The summed E-state index contributed by atoms with van der Waals surface area (Å²) in [5, 5.41) is 16.3. The van der Waals surface area contributed by atoms with Gasteiger partial charge >= 0.3 is 0 Å². The Hall–Kier alpha value is -1.25. The van der Waals surface area contributed by atoms with E-state index < -0.39 is 10.0 Å².